The van der Waals surface area contributed by atoms with Gasteiger partial charge in [0, 0.05) is 0 Å². The summed E-state index contributed by atoms with van der Waals surface area (Å²) in [6.07, 6.45) is -7.03. The van der Waals surface area contributed by atoms with Gasteiger partial charge in [-0.05, 0) is 12.0 Å². The molecule has 1 aromatic rings. The number of aliphatic hydroxyl groups is 4. The zero-order valence-electron chi connectivity index (χ0n) is 13.3. The van der Waals surface area contributed by atoms with E-state index < -0.39 is 43.0 Å². The van der Waals surface area contributed by atoms with Gasteiger partial charge in [0.25, 0.3) is 0 Å². The van der Waals surface area contributed by atoms with Gasteiger partial charge in [-0.15, -0.1) is 0 Å². The molecule has 0 saturated heterocycles. The smallest absolute Gasteiger partial charge is 0.324 e. The summed E-state index contributed by atoms with van der Waals surface area (Å²) in [5.41, 5.74) is 2.76. The number of carbonyl (C=O) groups excluding carboxylic acids is 2. The fourth-order valence-corrected chi connectivity index (χ4v) is 1.86. The highest BCUT2D eigenvalue weighted by Crippen LogP contribution is 2.09. The number of rotatable bonds is 10. The summed E-state index contributed by atoms with van der Waals surface area (Å²) in [6.45, 7) is -0.845. The number of hydrogen-bond acceptors (Lipinski definition) is 8. The van der Waals surface area contributed by atoms with Gasteiger partial charge in [-0.3, -0.25) is 9.59 Å². The van der Waals surface area contributed by atoms with E-state index in [9.17, 15) is 24.9 Å². The van der Waals surface area contributed by atoms with Gasteiger partial charge in [-0.25, -0.2) is 0 Å². The van der Waals surface area contributed by atoms with Gasteiger partial charge < -0.3 is 30.9 Å². The van der Waals surface area contributed by atoms with Crippen molar-refractivity contribution < 1.29 is 36.2 Å². The van der Waals surface area contributed by atoms with Crippen molar-refractivity contribution in [2.24, 2.45) is 5.73 Å². The Labute approximate surface area is 134 Å². The van der Waals surface area contributed by atoms with Crippen LogP contribution in [0.4, 0.5) is 0 Å². The second-order valence-electron chi connectivity index (χ2n) is 5.01. The van der Waals surface area contributed by atoms with Crippen LogP contribution in [-0.4, -0.2) is 69.7 Å². The topological polar surface area (TPSA) is 150 Å². The van der Waals surface area contributed by atoms with Crippen LogP contribution in [0.25, 0.3) is 0 Å². The molecule has 0 bridgehead atoms. The first kappa shape index (κ1) is 17.5. The number of benzene rings is 1. The zero-order chi connectivity index (χ0) is 18.1. The molecule has 8 heteroatoms. The van der Waals surface area contributed by atoms with Crippen molar-refractivity contribution >= 4 is 12.3 Å². The van der Waals surface area contributed by atoms with Gasteiger partial charge in [0.15, 0.2) is 12.4 Å². The lowest BCUT2D eigenvalue weighted by molar-refractivity contribution is -0.169. The van der Waals surface area contributed by atoms with E-state index in [2.05, 4.69) is 0 Å². The molecule has 0 heterocycles. The average Bonchev–Trinajstić information content (AvgIpc) is 2.62. The van der Waals surface area contributed by atoms with Crippen LogP contribution in [0, 0.1) is 0 Å². The maximum absolute atomic E-state index is 12.0. The molecule has 0 saturated carbocycles. The van der Waals surface area contributed by atoms with Crippen LogP contribution in [0.2, 0.25) is 1.41 Å². The highest BCUT2D eigenvalue weighted by molar-refractivity contribution is 5.78. The minimum atomic E-state index is -1.92. The van der Waals surface area contributed by atoms with Crippen molar-refractivity contribution in [3.63, 3.8) is 0 Å². The van der Waals surface area contributed by atoms with Gasteiger partial charge in [-0.2, -0.15) is 0 Å². The molecule has 0 aromatic heterocycles. The third kappa shape index (κ3) is 5.70. The molecule has 1 rings (SSSR count). The average molecular weight is 328 g/mol. The number of ether oxygens (including phenoxy) is 1. The molecule has 0 fully saturated rings. The van der Waals surface area contributed by atoms with Crippen LogP contribution in [-0.2, 0) is 20.7 Å². The molecule has 128 valence electrons. The van der Waals surface area contributed by atoms with E-state index in [1.807, 2.05) is 5.73 Å². The van der Waals surface area contributed by atoms with Crippen LogP contribution >= 0.6 is 0 Å². The Morgan fingerprint density at radius 3 is 2.43 bits per heavy atom. The molecule has 0 aliphatic carbocycles. The molecule has 0 spiro atoms. The van der Waals surface area contributed by atoms with E-state index in [-0.39, 0.29) is 12.7 Å². The second-order valence-corrected chi connectivity index (χ2v) is 5.01. The third-order valence-corrected chi connectivity index (χ3v) is 3.22. The number of hydrogen-bond donors (Lipinski definition) is 5. The maximum Gasteiger partial charge on any atom is 0.324 e. The third-order valence-electron chi connectivity index (χ3n) is 3.22. The number of nitrogens with two attached hydrogens (primary N) is 1. The minimum absolute atomic E-state index is 0.0966. The van der Waals surface area contributed by atoms with Crippen molar-refractivity contribution in [2.75, 3.05) is 6.61 Å². The molecule has 6 N–H and O–H groups in total. The summed E-state index contributed by atoms with van der Waals surface area (Å²) >= 11 is 0. The lowest BCUT2D eigenvalue weighted by Gasteiger charge is -2.26. The van der Waals surface area contributed by atoms with Crippen LogP contribution in [0.1, 0.15) is 5.56 Å². The number of carbonyl (C=O) groups is 2. The van der Waals surface area contributed by atoms with Gasteiger partial charge in [0.2, 0.25) is 0 Å². The van der Waals surface area contributed by atoms with E-state index in [0.717, 1.165) is 5.56 Å². The molecule has 0 unspecified atom stereocenters. The highest BCUT2D eigenvalue weighted by atomic mass is 16.6. The summed E-state index contributed by atoms with van der Waals surface area (Å²) in [5, 5.41) is 37.3. The van der Waals surface area contributed by atoms with E-state index in [4.69, 9.17) is 11.3 Å². The maximum atomic E-state index is 12.0. The summed E-state index contributed by atoms with van der Waals surface area (Å²) in [6, 6.07) is 7.69. The van der Waals surface area contributed by atoms with Crippen LogP contribution in [0.3, 0.4) is 0 Å². The lowest BCUT2D eigenvalue weighted by atomic mass is 10.0. The van der Waals surface area contributed by atoms with Crippen molar-refractivity contribution in [3.8, 4) is 0 Å². The van der Waals surface area contributed by atoms with E-state index in [0.29, 0.717) is 0 Å². The minimum Gasteiger partial charge on any atom is -0.451 e. The summed E-state index contributed by atoms with van der Waals surface area (Å²) in [4.78, 5) is 23.1. The Morgan fingerprint density at radius 2 is 1.91 bits per heavy atom. The Balaban J connectivity index is 2.72. The summed E-state index contributed by atoms with van der Waals surface area (Å²) in [5.74, 6) is -0.976. The van der Waals surface area contributed by atoms with Crippen molar-refractivity contribution in [2.45, 2.75) is 36.9 Å². The second kappa shape index (κ2) is 9.33. The standard InChI is InChI=1S/C15H21NO7/c16-10(6-9-4-2-1-3-5-9)15(22)23-12(8-18)14(21)13(20)11(19)7-17/h1-5,8,10-14,17,19-21H,6-7,16H2/t10-,11+,12-,13+,14+/m0/s1/i/hD. The van der Waals surface area contributed by atoms with Gasteiger partial charge in [0.05, 0.1) is 6.61 Å². The van der Waals surface area contributed by atoms with E-state index in [1.165, 1.54) is 0 Å². The summed E-state index contributed by atoms with van der Waals surface area (Å²) in [7, 11) is 0. The first-order valence-corrected chi connectivity index (χ1v) is 6.96. The SMILES string of the molecule is [2H]N[C@@H](Cc1ccccc1)C(=O)O[C@@H](C=O)[C@@H](O)[C@H](O)[C@H](O)CO. The normalized spacial score (nSPS) is 18.2. The number of aliphatic hydroxyl groups excluding tert-OH is 4. The first-order chi connectivity index (χ1) is 11.4. The monoisotopic (exact) mass is 328 g/mol. The van der Waals surface area contributed by atoms with Gasteiger partial charge in [-0.1, -0.05) is 30.3 Å². The Bertz CT molecular complexity index is 516. The predicted octanol–water partition coefficient (Wildman–Crippen LogP) is -2.26. The molecule has 23 heavy (non-hydrogen) atoms. The number of esters is 1. The van der Waals surface area contributed by atoms with Crippen molar-refractivity contribution in [3.05, 3.63) is 35.9 Å². The fourth-order valence-electron chi connectivity index (χ4n) is 1.86. The zero-order valence-corrected chi connectivity index (χ0v) is 12.3. The molecule has 0 radical (unpaired) electrons. The molecule has 5 atom stereocenters. The highest BCUT2D eigenvalue weighted by Gasteiger charge is 2.34. The van der Waals surface area contributed by atoms with E-state index in [1.54, 1.807) is 30.3 Å². The number of aldehydes is 1. The molecule has 0 amide bonds. The lowest BCUT2D eigenvalue weighted by Crippen LogP contribution is -2.49. The first-order valence-electron chi connectivity index (χ1n) is 7.46. The van der Waals surface area contributed by atoms with Crippen LogP contribution in [0.15, 0.2) is 30.3 Å². The molecular weight excluding hydrogens is 306 g/mol. The van der Waals surface area contributed by atoms with Crippen LogP contribution in [0.5, 0.6) is 0 Å². The molecule has 8 nitrogen and oxygen atoms in total. The van der Waals surface area contributed by atoms with E-state index >= 15 is 0 Å². The van der Waals surface area contributed by atoms with Crippen molar-refractivity contribution in [1.29, 1.82) is 0 Å². The molecule has 0 aliphatic rings. The predicted molar refractivity (Wildman–Crippen MR) is 79.2 cm³/mol. The Hall–Kier alpha value is -1.84. The van der Waals surface area contributed by atoms with Gasteiger partial charge >= 0.3 is 5.97 Å². The summed E-state index contributed by atoms with van der Waals surface area (Å²) < 4.78 is 12.0. The Morgan fingerprint density at radius 1 is 1.26 bits per heavy atom. The van der Waals surface area contributed by atoms with Gasteiger partial charge in [0.1, 0.15) is 25.8 Å². The Kier molecular flexibility index (Phi) is 7.11. The quantitative estimate of drug-likeness (QED) is 0.238. The molecular formula is C15H21NO7. The van der Waals surface area contributed by atoms with Crippen LogP contribution < -0.4 is 5.73 Å². The molecule has 1 aromatic carbocycles. The fraction of sp³-hybridized carbons (Fsp3) is 0.467. The van der Waals surface area contributed by atoms with Crippen molar-refractivity contribution in [1.82, 2.24) is 0 Å². The molecule has 0 aliphatic heterocycles. The largest absolute Gasteiger partial charge is 0.451 e.